The molecule has 0 unspecified atom stereocenters. The van der Waals surface area contributed by atoms with Gasteiger partial charge in [-0.05, 0) is 49.1 Å². The molecule has 0 radical (unpaired) electrons. The number of nitrogens with zero attached hydrogens (tertiary/aromatic N) is 1. The Morgan fingerprint density at radius 3 is 2.48 bits per heavy atom. The van der Waals surface area contributed by atoms with Crippen molar-refractivity contribution in [3.63, 3.8) is 0 Å². The van der Waals surface area contributed by atoms with Crippen molar-refractivity contribution >= 4 is 28.5 Å². The maximum atomic E-state index is 13.3. The molecule has 1 fully saturated rings. The summed E-state index contributed by atoms with van der Waals surface area (Å²) in [4.78, 5) is 28.1. The molecular weight excluding hydrogens is 330 g/mol. The van der Waals surface area contributed by atoms with Crippen LogP contribution in [0.25, 0.3) is 0 Å². The van der Waals surface area contributed by atoms with Gasteiger partial charge >= 0.3 is 0 Å². The second-order valence-electron chi connectivity index (χ2n) is 7.30. The number of thioether (sulfide) groups is 1. The molecule has 2 rings (SSSR count). The topological polar surface area (TPSA) is 37.4 Å². The van der Waals surface area contributed by atoms with Gasteiger partial charge in [0.15, 0.2) is 5.12 Å². The smallest absolute Gasteiger partial charge is 0.230 e. The molecule has 25 heavy (non-hydrogen) atoms. The lowest BCUT2D eigenvalue weighted by Crippen LogP contribution is -2.38. The SMILES string of the molecule is CCC(=O)Sc1ccccc1N(CCC(C)C)C(=O)C1CCCCC1. The molecule has 1 aromatic carbocycles. The van der Waals surface area contributed by atoms with Crippen molar-refractivity contribution in [3.8, 4) is 0 Å². The fraction of sp³-hybridized carbons (Fsp3) is 0.619. The minimum atomic E-state index is 0.140. The zero-order chi connectivity index (χ0) is 18.2. The van der Waals surface area contributed by atoms with E-state index in [9.17, 15) is 9.59 Å². The normalized spacial score (nSPS) is 15.4. The molecule has 1 aromatic rings. The summed E-state index contributed by atoms with van der Waals surface area (Å²) >= 11 is 1.26. The Kier molecular flexibility index (Phi) is 8.01. The maximum absolute atomic E-state index is 13.3. The Labute approximate surface area is 156 Å². The van der Waals surface area contributed by atoms with Crippen LogP contribution in [0.1, 0.15) is 65.7 Å². The Bertz CT molecular complexity index is 579. The first-order chi connectivity index (χ1) is 12.0. The van der Waals surface area contributed by atoms with Gasteiger partial charge in [0.25, 0.3) is 0 Å². The number of anilines is 1. The number of carbonyl (C=O) groups is 2. The van der Waals surface area contributed by atoms with E-state index in [-0.39, 0.29) is 16.9 Å². The van der Waals surface area contributed by atoms with Crippen molar-refractivity contribution in [2.75, 3.05) is 11.4 Å². The second kappa shape index (κ2) is 10.0. The van der Waals surface area contributed by atoms with E-state index >= 15 is 0 Å². The molecule has 0 aromatic heterocycles. The minimum Gasteiger partial charge on any atom is -0.311 e. The van der Waals surface area contributed by atoms with E-state index in [0.29, 0.717) is 12.3 Å². The molecule has 0 aliphatic heterocycles. The van der Waals surface area contributed by atoms with Crippen LogP contribution in [0.5, 0.6) is 0 Å². The molecule has 1 amide bonds. The van der Waals surface area contributed by atoms with Crippen molar-refractivity contribution < 1.29 is 9.59 Å². The molecule has 0 heterocycles. The van der Waals surface area contributed by atoms with Gasteiger partial charge in [-0.15, -0.1) is 0 Å². The van der Waals surface area contributed by atoms with Crippen molar-refractivity contribution in [2.45, 2.75) is 70.6 Å². The highest BCUT2D eigenvalue weighted by atomic mass is 32.2. The predicted molar refractivity (Wildman–Crippen MR) is 106 cm³/mol. The third-order valence-electron chi connectivity index (χ3n) is 4.82. The van der Waals surface area contributed by atoms with Gasteiger partial charge in [0.1, 0.15) is 0 Å². The largest absolute Gasteiger partial charge is 0.311 e. The lowest BCUT2D eigenvalue weighted by Gasteiger charge is -2.31. The van der Waals surface area contributed by atoms with Gasteiger partial charge in [-0.25, -0.2) is 0 Å². The molecule has 0 N–H and O–H groups in total. The Morgan fingerprint density at radius 1 is 1.16 bits per heavy atom. The van der Waals surface area contributed by atoms with Crippen LogP contribution in [0.15, 0.2) is 29.2 Å². The molecule has 3 nitrogen and oxygen atoms in total. The van der Waals surface area contributed by atoms with Gasteiger partial charge in [-0.3, -0.25) is 9.59 Å². The first-order valence-corrected chi connectivity index (χ1v) is 10.5. The lowest BCUT2D eigenvalue weighted by atomic mass is 9.88. The lowest BCUT2D eigenvalue weighted by molar-refractivity contribution is -0.123. The first-order valence-electron chi connectivity index (χ1n) is 9.64. The second-order valence-corrected chi connectivity index (χ2v) is 8.40. The Hall–Kier alpha value is -1.29. The highest BCUT2D eigenvalue weighted by molar-refractivity contribution is 8.13. The van der Waals surface area contributed by atoms with E-state index in [4.69, 9.17) is 0 Å². The summed E-state index contributed by atoms with van der Waals surface area (Å²) in [6.07, 6.45) is 7.02. The summed E-state index contributed by atoms with van der Waals surface area (Å²) in [5.74, 6) is 0.928. The average molecular weight is 362 g/mol. The van der Waals surface area contributed by atoms with E-state index < -0.39 is 0 Å². The highest BCUT2D eigenvalue weighted by Gasteiger charge is 2.28. The van der Waals surface area contributed by atoms with E-state index in [1.165, 1.54) is 18.2 Å². The van der Waals surface area contributed by atoms with Gasteiger partial charge < -0.3 is 4.90 Å². The predicted octanol–water partition coefficient (Wildman–Crippen LogP) is 5.67. The average Bonchev–Trinajstić information content (AvgIpc) is 2.63. The van der Waals surface area contributed by atoms with E-state index in [1.807, 2.05) is 36.1 Å². The van der Waals surface area contributed by atoms with Crippen molar-refractivity contribution in [3.05, 3.63) is 24.3 Å². The van der Waals surface area contributed by atoms with Crippen LogP contribution in [-0.4, -0.2) is 17.6 Å². The number of rotatable bonds is 7. The van der Waals surface area contributed by atoms with Gasteiger partial charge in [0.05, 0.1) is 5.69 Å². The molecule has 0 saturated heterocycles. The van der Waals surface area contributed by atoms with Crippen LogP contribution in [0.3, 0.4) is 0 Å². The summed E-state index contributed by atoms with van der Waals surface area (Å²) in [6, 6.07) is 7.86. The monoisotopic (exact) mass is 361 g/mol. The molecule has 1 aliphatic carbocycles. The number of amides is 1. The van der Waals surface area contributed by atoms with Crippen LogP contribution in [-0.2, 0) is 9.59 Å². The zero-order valence-electron chi connectivity index (χ0n) is 15.8. The Morgan fingerprint density at radius 2 is 1.84 bits per heavy atom. The standard InChI is InChI=1S/C21H31NO2S/c1-4-20(23)25-19-13-9-8-12-18(19)22(15-14-16(2)3)21(24)17-10-6-5-7-11-17/h8-9,12-13,16-17H,4-7,10-11,14-15H2,1-3H3. The number of carbonyl (C=O) groups excluding carboxylic acids is 2. The van der Waals surface area contributed by atoms with Crippen LogP contribution < -0.4 is 4.90 Å². The maximum Gasteiger partial charge on any atom is 0.230 e. The quantitative estimate of drug-likeness (QED) is 0.587. The van der Waals surface area contributed by atoms with Crippen molar-refractivity contribution in [1.29, 1.82) is 0 Å². The number of hydrogen-bond donors (Lipinski definition) is 0. The van der Waals surface area contributed by atoms with E-state index in [2.05, 4.69) is 13.8 Å². The molecule has 0 spiro atoms. The third kappa shape index (κ3) is 5.88. The first kappa shape index (κ1) is 20.0. The molecular formula is C21H31NO2S. The number of hydrogen-bond acceptors (Lipinski definition) is 3. The molecule has 1 aliphatic rings. The molecule has 4 heteroatoms. The van der Waals surface area contributed by atoms with Crippen LogP contribution >= 0.6 is 11.8 Å². The molecule has 0 bridgehead atoms. The summed E-state index contributed by atoms with van der Waals surface area (Å²) in [5.41, 5.74) is 0.908. The summed E-state index contributed by atoms with van der Waals surface area (Å²) < 4.78 is 0. The summed E-state index contributed by atoms with van der Waals surface area (Å²) in [6.45, 7) is 6.97. The van der Waals surface area contributed by atoms with Crippen molar-refractivity contribution in [1.82, 2.24) is 0 Å². The summed E-state index contributed by atoms with van der Waals surface area (Å²) in [7, 11) is 0. The van der Waals surface area contributed by atoms with Gasteiger partial charge in [-0.1, -0.05) is 52.2 Å². The van der Waals surface area contributed by atoms with E-state index in [1.54, 1.807) is 0 Å². The highest BCUT2D eigenvalue weighted by Crippen LogP contribution is 2.34. The minimum absolute atomic E-state index is 0.140. The van der Waals surface area contributed by atoms with Gasteiger partial charge in [0, 0.05) is 23.8 Å². The van der Waals surface area contributed by atoms with Gasteiger partial charge in [-0.2, -0.15) is 0 Å². The zero-order valence-corrected chi connectivity index (χ0v) is 16.6. The number of benzene rings is 1. The fourth-order valence-corrected chi connectivity index (χ4v) is 4.09. The van der Waals surface area contributed by atoms with Crippen LogP contribution in [0.4, 0.5) is 5.69 Å². The molecule has 138 valence electrons. The molecule has 1 saturated carbocycles. The van der Waals surface area contributed by atoms with Crippen molar-refractivity contribution in [2.24, 2.45) is 11.8 Å². The van der Waals surface area contributed by atoms with Crippen LogP contribution in [0, 0.1) is 11.8 Å². The van der Waals surface area contributed by atoms with E-state index in [0.717, 1.165) is 49.2 Å². The van der Waals surface area contributed by atoms with Gasteiger partial charge in [0.2, 0.25) is 5.91 Å². The fourth-order valence-electron chi connectivity index (χ4n) is 3.27. The Balaban J connectivity index is 2.28. The molecule has 0 atom stereocenters. The number of para-hydroxylation sites is 1. The van der Waals surface area contributed by atoms with Crippen LogP contribution in [0.2, 0.25) is 0 Å². The third-order valence-corrected chi connectivity index (χ3v) is 5.90. The summed E-state index contributed by atoms with van der Waals surface area (Å²) in [5, 5.41) is 0.140.